The standard InChI is InChI=1S/C12H26N2S/c1-10(2)14(5)12(8-13)9-15-7-6-11(12,3)4/h10H,6-9,13H2,1-5H3. The van der Waals surface area contributed by atoms with Gasteiger partial charge < -0.3 is 5.73 Å². The first-order chi connectivity index (χ1) is 6.87. The van der Waals surface area contributed by atoms with Gasteiger partial charge >= 0.3 is 0 Å². The first-order valence-electron chi connectivity index (χ1n) is 5.88. The predicted octanol–water partition coefficient (Wildman–Crippen LogP) is 2.19. The van der Waals surface area contributed by atoms with Crippen LogP contribution in [0.5, 0.6) is 0 Å². The zero-order valence-electron chi connectivity index (χ0n) is 10.8. The Morgan fingerprint density at radius 2 is 2.00 bits per heavy atom. The zero-order valence-corrected chi connectivity index (χ0v) is 11.7. The van der Waals surface area contributed by atoms with Crippen molar-refractivity contribution in [2.24, 2.45) is 11.1 Å². The summed E-state index contributed by atoms with van der Waals surface area (Å²) in [6.07, 6.45) is 1.27. The van der Waals surface area contributed by atoms with Crippen LogP contribution in [0.25, 0.3) is 0 Å². The topological polar surface area (TPSA) is 29.3 Å². The first kappa shape index (κ1) is 13.3. The molecule has 0 aliphatic carbocycles. The van der Waals surface area contributed by atoms with E-state index in [1.165, 1.54) is 17.9 Å². The van der Waals surface area contributed by atoms with Crippen molar-refractivity contribution in [2.75, 3.05) is 25.1 Å². The van der Waals surface area contributed by atoms with Crippen molar-refractivity contribution in [1.29, 1.82) is 0 Å². The molecule has 2 N–H and O–H groups in total. The van der Waals surface area contributed by atoms with Gasteiger partial charge in [0.05, 0.1) is 0 Å². The molecule has 0 aromatic carbocycles. The number of rotatable bonds is 3. The first-order valence-corrected chi connectivity index (χ1v) is 7.03. The van der Waals surface area contributed by atoms with Gasteiger partial charge in [-0.3, -0.25) is 4.90 Å². The second-order valence-electron chi connectivity index (χ2n) is 5.63. The van der Waals surface area contributed by atoms with Crippen molar-refractivity contribution in [2.45, 2.75) is 45.7 Å². The van der Waals surface area contributed by atoms with Crippen molar-refractivity contribution in [1.82, 2.24) is 4.90 Å². The molecule has 1 saturated heterocycles. The van der Waals surface area contributed by atoms with Crippen molar-refractivity contribution in [3.05, 3.63) is 0 Å². The van der Waals surface area contributed by atoms with E-state index in [4.69, 9.17) is 5.73 Å². The summed E-state index contributed by atoms with van der Waals surface area (Å²) in [7, 11) is 2.23. The van der Waals surface area contributed by atoms with Gasteiger partial charge in [0.1, 0.15) is 0 Å². The van der Waals surface area contributed by atoms with E-state index in [2.05, 4.69) is 51.4 Å². The summed E-state index contributed by atoms with van der Waals surface area (Å²) in [6, 6.07) is 0.562. The van der Waals surface area contributed by atoms with Crippen LogP contribution in [0.3, 0.4) is 0 Å². The van der Waals surface area contributed by atoms with E-state index in [9.17, 15) is 0 Å². The highest BCUT2D eigenvalue weighted by Gasteiger charge is 2.49. The minimum absolute atomic E-state index is 0.171. The molecule has 0 aromatic rings. The van der Waals surface area contributed by atoms with Crippen LogP contribution in [-0.4, -0.2) is 41.6 Å². The lowest BCUT2D eigenvalue weighted by atomic mass is 9.69. The van der Waals surface area contributed by atoms with Gasteiger partial charge in [0.15, 0.2) is 0 Å². The fourth-order valence-corrected chi connectivity index (χ4v) is 4.40. The molecule has 15 heavy (non-hydrogen) atoms. The van der Waals surface area contributed by atoms with E-state index in [-0.39, 0.29) is 5.54 Å². The molecule has 90 valence electrons. The fourth-order valence-electron chi connectivity index (χ4n) is 2.55. The van der Waals surface area contributed by atoms with Crippen LogP contribution in [0.4, 0.5) is 0 Å². The summed E-state index contributed by atoms with van der Waals surface area (Å²) < 4.78 is 0. The quantitative estimate of drug-likeness (QED) is 0.806. The summed E-state index contributed by atoms with van der Waals surface area (Å²) in [5.41, 5.74) is 6.59. The fraction of sp³-hybridized carbons (Fsp3) is 1.00. The average molecular weight is 230 g/mol. The lowest BCUT2D eigenvalue weighted by molar-refractivity contribution is 0.000469. The van der Waals surface area contributed by atoms with E-state index >= 15 is 0 Å². The third-order valence-electron chi connectivity index (χ3n) is 4.26. The van der Waals surface area contributed by atoms with Gasteiger partial charge in [-0.2, -0.15) is 11.8 Å². The van der Waals surface area contributed by atoms with Crippen LogP contribution < -0.4 is 5.73 Å². The molecule has 0 bridgehead atoms. The molecule has 0 spiro atoms. The van der Waals surface area contributed by atoms with E-state index in [1.54, 1.807) is 0 Å². The van der Waals surface area contributed by atoms with Crippen molar-refractivity contribution in [3.8, 4) is 0 Å². The molecular weight excluding hydrogens is 204 g/mol. The number of hydrogen-bond acceptors (Lipinski definition) is 3. The van der Waals surface area contributed by atoms with Crippen LogP contribution in [0.2, 0.25) is 0 Å². The number of hydrogen-bond donors (Lipinski definition) is 1. The van der Waals surface area contributed by atoms with Crippen LogP contribution in [0.15, 0.2) is 0 Å². The highest BCUT2D eigenvalue weighted by Crippen LogP contribution is 2.45. The molecule has 0 amide bonds. The summed E-state index contributed by atoms with van der Waals surface area (Å²) >= 11 is 2.05. The van der Waals surface area contributed by atoms with Crippen LogP contribution in [-0.2, 0) is 0 Å². The van der Waals surface area contributed by atoms with Gasteiger partial charge in [-0.1, -0.05) is 13.8 Å². The molecule has 1 atom stereocenters. The molecule has 1 heterocycles. The maximum absolute atomic E-state index is 6.10. The smallest absolute Gasteiger partial charge is 0.0472 e. The highest BCUT2D eigenvalue weighted by molar-refractivity contribution is 7.99. The second kappa shape index (κ2) is 4.64. The van der Waals surface area contributed by atoms with Crippen molar-refractivity contribution >= 4 is 11.8 Å². The summed E-state index contributed by atoms with van der Waals surface area (Å²) in [6.45, 7) is 10.0. The minimum atomic E-state index is 0.171. The Morgan fingerprint density at radius 1 is 1.40 bits per heavy atom. The van der Waals surface area contributed by atoms with Gasteiger partial charge in [0.2, 0.25) is 0 Å². The largest absolute Gasteiger partial charge is 0.329 e. The normalized spacial score (nSPS) is 31.2. The number of nitrogens with two attached hydrogens (primary N) is 1. The molecule has 3 heteroatoms. The number of thioether (sulfide) groups is 1. The second-order valence-corrected chi connectivity index (χ2v) is 6.73. The van der Waals surface area contributed by atoms with Crippen LogP contribution >= 0.6 is 11.8 Å². The molecule has 1 aliphatic heterocycles. The third-order valence-corrected chi connectivity index (χ3v) is 5.43. The Labute approximate surface area is 99.0 Å². The SMILES string of the molecule is CC(C)N(C)C1(CN)CSCCC1(C)C. The summed E-state index contributed by atoms with van der Waals surface area (Å²) in [4.78, 5) is 2.49. The van der Waals surface area contributed by atoms with E-state index < -0.39 is 0 Å². The number of likely N-dealkylation sites (N-methyl/N-ethyl adjacent to an activating group) is 1. The molecule has 0 saturated carbocycles. The van der Waals surface area contributed by atoms with E-state index in [0.29, 0.717) is 11.5 Å². The molecular formula is C12H26N2S. The Hall–Kier alpha value is 0.270. The molecule has 1 unspecified atom stereocenters. The molecule has 1 rings (SSSR count). The van der Waals surface area contributed by atoms with Gasteiger partial charge in [0.25, 0.3) is 0 Å². The Morgan fingerprint density at radius 3 is 2.40 bits per heavy atom. The lowest BCUT2D eigenvalue weighted by Gasteiger charge is -2.56. The Kier molecular flexibility index (Phi) is 4.13. The monoisotopic (exact) mass is 230 g/mol. The van der Waals surface area contributed by atoms with E-state index in [0.717, 1.165) is 6.54 Å². The molecule has 0 radical (unpaired) electrons. The highest BCUT2D eigenvalue weighted by atomic mass is 32.2. The number of nitrogens with zero attached hydrogens (tertiary/aromatic N) is 1. The van der Waals surface area contributed by atoms with Gasteiger partial charge in [-0.15, -0.1) is 0 Å². The predicted molar refractivity (Wildman–Crippen MR) is 70.4 cm³/mol. The Balaban J connectivity index is 2.99. The maximum atomic E-state index is 6.10. The van der Waals surface area contributed by atoms with Crippen molar-refractivity contribution in [3.63, 3.8) is 0 Å². The molecule has 2 nitrogen and oxygen atoms in total. The molecule has 1 fully saturated rings. The zero-order chi connectivity index (χ0) is 11.7. The summed E-state index contributed by atoms with van der Waals surface area (Å²) in [5, 5.41) is 0. The lowest BCUT2D eigenvalue weighted by Crippen LogP contribution is -2.66. The van der Waals surface area contributed by atoms with Gasteiger partial charge in [-0.05, 0) is 38.5 Å². The van der Waals surface area contributed by atoms with Crippen LogP contribution in [0.1, 0.15) is 34.1 Å². The summed E-state index contributed by atoms with van der Waals surface area (Å²) in [5.74, 6) is 2.45. The van der Waals surface area contributed by atoms with Crippen molar-refractivity contribution < 1.29 is 0 Å². The Bertz CT molecular complexity index is 216. The van der Waals surface area contributed by atoms with Crippen LogP contribution in [0, 0.1) is 5.41 Å². The van der Waals surface area contributed by atoms with Gasteiger partial charge in [-0.25, -0.2) is 0 Å². The van der Waals surface area contributed by atoms with Gasteiger partial charge in [0, 0.05) is 23.9 Å². The average Bonchev–Trinajstić information content (AvgIpc) is 2.16. The van der Waals surface area contributed by atoms with E-state index in [1.807, 2.05) is 0 Å². The maximum Gasteiger partial charge on any atom is 0.0472 e. The minimum Gasteiger partial charge on any atom is -0.329 e. The molecule has 1 aliphatic rings. The third kappa shape index (κ3) is 2.20. The molecule has 0 aromatic heterocycles.